The molecule has 1 aromatic heterocycles. The van der Waals surface area contributed by atoms with Gasteiger partial charge in [-0.25, -0.2) is 4.68 Å². The first-order valence-electron chi connectivity index (χ1n) is 8.56. The van der Waals surface area contributed by atoms with E-state index in [2.05, 4.69) is 33.2 Å². The van der Waals surface area contributed by atoms with Crippen molar-refractivity contribution in [3.05, 3.63) is 79.8 Å². The van der Waals surface area contributed by atoms with Crippen LogP contribution in [0.2, 0.25) is 0 Å². The molecule has 0 unspecified atom stereocenters. The van der Waals surface area contributed by atoms with E-state index in [4.69, 9.17) is 0 Å². The van der Waals surface area contributed by atoms with Crippen molar-refractivity contribution < 1.29 is 9.59 Å². The summed E-state index contributed by atoms with van der Waals surface area (Å²) >= 11 is 2.06. The molecule has 2 N–H and O–H groups in total. The second-order valence-corrected chi connectivity index (χ2v) is 7.31. The predicted octanol–water partition coefficient (Wildman–Crippen LogP) is 2.46. The molecule has 0 spiro atoms. The number of para-hydroxylation sites is 1. The zero-order valence-corrected chi connectivity index (χ0v) is 17.6. The minimum atomic E-state index is -0.467. The smallest absolute Gasteiger partial charge is 0.295 e. The van der Waals surface area contributed by atoms with E-state index in [0.29, 0.717) is 16.9 Å². The average Bonchev–Trinajstić information content (AvgIpc) is 2.90. The molecule has 0 atom stereocenters. The molecule has 144 valence electrons. The first-order valence-corrected chi connectivity index (χ1v) is 9.64. The van der Waals surface area contributed by atoms with E-state index < -0.39 is 5.91 Å². The molecular weight excluding hydrogens is 471 g/mol. The summed E-state index contributed by atoms with van der Waals surface area (Å²) in [4.78, 5) is 37.3. The van der Waals surface area contributed by atoms with Crippen LogP contribution in [0.1, 0.15) is 16.1 Å². The van der Waals surface area contributed by atoms with Gasteiger partial charge in [-0.05, 0) is 53.8 Å². The van der Waals surface area contributed by atoms with Gasteiger partial charge < -0.3 is 10.6 Å². The van der Waals surface area contributed by atoms with Crippen LogP contribution in [0.3, 0.4) is 0 Å². The van der Waals surface area contributed by atoms with Gasteiger partial charge in [0.2, 0.25) is 5.91 Å². The Hall–Kier alpha value is -2.88. The molecule has 0 aliphatic heterocycles. The number of halogens is 1. The largest absolute Gasteiger partial charge is 0.343 e. The van der Waals surface area contributed by atoms with Crippen molar-refractivity contribution in [2.24, 2.45) is 7.05 Å². The van der Waals surface area contributed by atoms with Crippen LogP contribution in [-0.4, -0.2) is 27.7 Å². The fraction of sp³-hybridized carbons (Fsp3) is 0.150. The molecule has 3 rings (SSSR count). The van der Waals surface area contributed by atoms with Crippen LogP contribution in [0.25, 0.3) is 5.69 Å². The number of rotatable bonds is 5. The molecular formula is C20H19IN4O3. The van der Waals surface area contributed by atoms with Crippen molar-refractivity contribution in [2.45, 2.75) is 6.92 Å². The van der Waals surface area contributed by atoms with E-state index in [1.807, 2.05) is 42.5 Å². The van der Waals surface area contributed by atoms with Gasteiger partial charge in [0.15, 0.2) is 0 Å². The van der Waals surface area contributed by atoms with Crippen molar-refractivity contribution in [3.8, 4) is 5.69 Å². The number of aromatic nitrogens is 2. The summed E-state index contributed by atoms with van der Waals surface area (Å²) in [5.41, 5.74) is 1.68. The fourth-order valence-electron chi connectivity index (χ4n) is 2.80. The zero-order chi connectivity index (χ0) is 20.3. The van der Waals surface area contributed by atoms with Gasteiger partial charge in [0.1, 0.15) is 5.69 Å². The quantitative estimate of drug-likeness (QED) is 0.539. The van der Waals surface area contributed by atoms with Crippen molar-refractivity contribution in [1.29, 1.82) is 0 Å². The van der Waals surface area contributed by atoms with E-state index in [0.717, 1.165) is 3.57 Å². The Bertz CT molecular complexity index is 1090. The number of nitrogens with one attached hydrogen (secondary N) is 2. The summed E-state index contributed by atoms with van der Waals surface area (Å²) < 4.78 is 3.95. The highest BCUT2D eigenvalue weighted by molar-refractivity contribution is 14.1. The summed E-state index contributed by atoms with van der Waals surface area (Å²) in [5.74, 6) is -0.808. The molecule has 0 aliphatic rings. The third-order valence-corrected chi connectivity index (χ3v) is 5.29. The number of amides is 2. The fourth-order valence-corrected chi connectivity index (χ4v) is 3.43. The molecule has 2 aromatic carbocycles. The van der Waals surface area contributed by atoms with Gasteiger partial charge in [0, 0.05) is 10.6 Å². The second kappa shape index (κ2) is 8.42. The Morgan fingerprint density at radius 3 is 2.36 bits per heavy atom. The lowest BCUT2D eigenvalue weighted by atomic mass is 10.2. The molecule has 0 fully saturated rings. The topological polar surface area (TPSA) is 85.1 Å². The lowest BCUT2D eigenvalue weighted by Gasteiger charge is -2.07. The van der Waals surface area contributed by atoms with Gasteiger partial charge in [0.25, 0.3) is 11.5 Å². The number of carbonyl (C=O) groups excluding carboxylic acids is 2. The van der Waals surface area contributed by atoms with Crippen molar-refractivity contribution in [3.63, 3.8) is 0 Å². The first-order chi connectivity index (χ1) is 13.4. The molecule has 1 heterocycles. The summed E-state index contributed by atoms with van der Waals surface area (Å²) in [6, 6.07) is 16.3. The summed E-state index contributed by atoms with van der Waals surface area (Å²) in [6.45, 7) is 1.52. The second-order valence-electron chi connectivity index (χ2n) is 6.15. The van der Waals surface area contributed by atoms with Crippen LogP contribution < -0.4 is 16.2 Å². The number of carbonyl (C=O) groups is 2. The van der Waals surface area contributed by atoms with Crippen LogP contribution in [0.5, 0.6) is 0 Å². The van der Waals surface area contributed by atoms with Crippen LogP contribution >= 0.6 is 22.6 Å². The molecule has 0 bridgehead atoms. The SMILES string of the molecule is Cc1c(NC(=O)CNC(=O)c2ccccc2I)c(=O)n(-c2ccccc2)n1C. The summed E-state index contributed by atoms with van der Waals surface area (Å²) in [7, 11) is 1.75. The maximum Gasteiger partial charge on any atom is 0.295 e. The molecule has 0 aliphatic carbocycles. The predicted molar refractivity (Wildman–Crippen MR) is 116 cm³/mol. The van der Waals surface area contributed by atoms with Crippen LogP contribution in [-0.2, 0) is 11.8 Å². The molecule has 28 heavy (non-hydrogen) atoms. The average molecular weight is 490 g/mol. The molecule has 0 saturated heterocycles. The lowest BCUT2D eigenvalue weighted by Crippen LogP contribution is -2.34. The van der Waals surface area contributed by atoms with E-state index in [1.54, 1.807) is 30.8 Å². The van der Waals surface area contributed by atoms with Gasteiger partial charge in [-0.2, -0.15) is 0 Å². The van der Waals surface area contributed by atoms with Gasteiger partial charge >= 0.3 is 0 Å². The van der Waals surface area contributed by atoms with Gasteiger partial charge in [-0.1, -0.05) is 30.3 Å². The van der Waals surface area contributed by atoms with Crippen LogP contribution in [0, 0.1) is 10.5 Å². The number of nitrogens with zero attached hydrogens (tertiary/aromatic N) is 2. The third-order valence-electron chi connectivity index (χ3n) is 4.35. The third kappa shape index (κ3) is 4.01. The Morgan fingerprint density at radius 2 is 1.68 bits per heavy atom. The number of anilines is 1. The maximum atomic E-state index is 12.8. The maximum absolute atomic E-state index is 12.8. The molecule has 3 aromatic rings. The monoisotopic (exact) mass is 490 g/mol. The van der Waals surface area contributed by atoms with Gasteiger partial charge in [-0.15, -0.1) is 0 Å². The molecule has 8 heteroatoms. The van der Waals surface area contributed by atoms with E-state index in [1.165, 1.54) is 4.68 Å². The minimum absolute atomic E-state index is 0.194. The van der Waals surface area contributed by atoms with Crippen molar-refractivity contribution >= 4 is 40.1 Å². The Labute approximate surface area is 175 Å². The van der Waals surface area contributed by atoms with Crippen molar-refractivity contribution in [2.75, 3.05) is 11.9 Å². The van der Waals surface area contributed by atoms with Crippen LogP contribution in [0.4, 0.5) is 5.69 Å². The molecule has 0 radical (unpaired) electrons. The highest BCUT2D eigenvalue weighted by atomic mass is 127. The van der Waals surface area contributed by atoms with Gasteiger partial charge in [0.05, 0.1) is 23.5 Å². The highest BCUT2D eigenvalue weighted by Gasteiger charge is 2.18. The minimum Gasteiger partial charge on any atom is -0.343 e. The molecule has 0 saturated carbocycles. The van der Waals surface area contributed by atoms with E-state index in [9.17, 15) is 14.4 Å². The Morgan fingerprint density at radius 1 is 1.04 bits per heavy atom. The highest BCUT2D eigenvalue weighted by Crippen LogP contribution is 2.14. The molecule has 2 amide bonds. The number of hydrogen-bond donors (Lipinski definition) is 2. The number of hydrogen-bond acceptors (Lipinski definition) is 3. The normalized spacial score (nSPS) is 10.5. The summed E-state index contributed by atoms with van der Waals surface area (Å²) in [5, 5.41) is 5.20. The van der Waals surface area contributed by atoms with Crippen molar-refractivity contribution in [1.82, 2.24) is 14.7 Å². The van der Waals surface area contributed by atoms with E-state index >= 15 is 0 Å². The Kier molecular flexibility index (Phi) is 5.98. The standard InChI is InChI=1S/C20H19IN4O3/c1-13-18(20(28)25(24(13)2)14-8-4-3-5-9-14)23-17(26)12-22-19(27)15-10-6-7-11-16(15)21/h3-11H,12H2,1-2H3,(H,22,27)(H,23,26). The van der Waals surface area contributed by atoms with E-state index in [-0.39, 0.29) is 23.7 Å². The Balaban J connectivity index is 1.74. The zero-order valence-electron chi connectivity index (χ0n) is 15.4. The van der Waals surface area contributed by atoms with Crippen LogP contribution in [0.15, 0.2) is 59.4 Å². The number of benzene rings is 2. The summed E-state index contributed by atoms with van der Waals surface area (Å²) in [6.07, 6.45) is 0. The molecule has 7 nitrogen and oxygen atoms in total. The van der Waals surface area contributed by atoms with Gasteiger partial charge in [-0.3, -0.25) is 19.1 Å². The first kappa shape index (κ1) is 19.9. The lowest BCUT2D eigenvalue weighted by molar-refractivity contribution is -0.115.